The fourth-order valence-electron chi connectivity index (χ4n) is 1.47. The molecule has 0 aliphatic carbocycles. The first-order valence-electron chi connectivity index (χ1n) is 5.28. The van der Waals surface area contributed by atoms with Crippen LogP contribution in [0.5, 0.6) is 0 Å². The van der Waals surface area contributed by atoms with Crippen molar-refractivity contribution in [2.75, 3.05) is 0 Å². The molecule has 0 amide bonds. The summed E-state index contributed by atoms with van der Waals surface area (Å²) >= 11 is 0. The summed E-state index contributed by atoms with van der Waals surface area (Å²) in [4.78, 5) is 0. The Labute approximate surface area is 88.7 Å². The van der Waals surface area contributed by atoms with Gasteiger partial charge in [0.05, 0.1) is 6.10 Å². The Morgan fingerprint density at radius 1 is 1.20 bits per heavy atom. The third-order valence-corrected chi connectivity index (χ3v) is 2.41. The molecule has 0 heterocycles. The summed E-state index contributed by atoms with van der Waals surface area (Å²) in [6.45, 7) is 2.07. The first-order chi connectivity index (χ1) is 7.15. The minimum Gasteiger partial charge on any atom is -0.388 e. The summed E-state index contributed by atoms with van der Waals surface area (Å²) < 4.78 is 25.5. The molecule has 0 fully saturated rings. The Morgan fingerprint density at radius 2 is 1.93 bits per heavy atom. The molecule has 0 saturated carbocycles. The lowest BCUT2D eigenvalue weighted by Crippen LogP contribution is -1.99. The second kappa shape index (κ2) is 5.81. The molecule has 1 nitrogen and oxygen atoms in total. The molecule has 0 spiro atoms. The Balaban J connectivity index is 2.57. The van der Waals surface area contributed by atoms with Gasteiger partial charge in [0.1, 0.15) is 0 Å². The summed E-state index contributed by atoms with van der Waals surface area (Å²) in [6, 6.07) is 3.54. The number of halogens is 2. The smallest absolute Gasteiger partial charge is 0.159 e. The summed E-state index contributed by atoms with van der Waals surface area (Å²) in [7, 11) is 0. The van der Waals surface area contributed by atoms with E-state index in [4.69, 9.17) is 0 Å². The van der Waals surface area contributed by atoms with E-state index in [1.807, 2.05) is 0 Å². The molecule has 0 aromatic heterocycles. The van der Waals surface area contributed by atoms with Gasteiger partial charge >= 0.3 is 0 Å². The molecule has 0 aliphatic rings. The van der Waals surface area contributed by atoms with Crippen molar-refractivity contribution < 1.29 is 13.9 Å². The van der Waals surface area contributed by atoms with Crippen LogP contribution in [0.25, 0.3) is 0 Å². The predicted molar refractivity (Wildman–Crippen MR) is 55.5 cm³/mol. The summed E-state index contributed by atoms with van der Waals surface area (Å²) in [5.41, 5.74) is 0.449. The van der Waals surface area contributed by atoms with Crippen LogP contribution in [0.3, 0.4) is 0 Å². The van der Waals surface area contributed by atoms with E-state index in [1.165, 1.54) is 6.07 Å². The zero-order valence-corrected chi connectivity index (χ0v) is 8.84. The van der Waals surface area contributed by atoms with Crippen LogP contribution >= 0.6 is 0 Å². The average Bonchev–Trinajstić information content (AvgIpc) is 2.22. The molecule has 1 atom stereocenters. The van der Waals surface area contributed by atoms with Gasteiger partial charge in [-0.1, -0.05) is 32.3 Å². The monoisotopic (exact) mass is 214 g/mol. The standard InChI is InChI=1S/C12H16F2O/c1-2-3-4-5-12(15)9-6-7-10(13)11(14)8-9/h6-8,12,15H,2-5H2,1H3. The molecule has 0 aliphatic heterocycles. The number of hydrogen-bond acceptors (Lipinski definition) is 1. The van der Waals surface area contributed by atoms with Gasteiger partial charge < -0.3 is 5.11 Å². The van der Waals surface area contributed by atoms with Crippen molar-refractivity contribution in [1.82, 2.24) is 0 Å². The minimum absolute atomic E-state index is 0.449. The largest absolute Gasteiger partial charge is 0.388 e. The van der Waals surface area contributed by atoms with Crippen LogP contribution in [0.2, 0.25) is 0 Å². The molecule has 1 aromatic carbocycles. The fraction of sp³-hybridized carbons (Fsp3) is 0.500. The molecule has 1 unspecified atom stereocenters. The van der Waals surface area contributed by atoms with Crippen LogP contribution in [-0.2, 0) is 0 Å². The van der Waals surface area contributed by atoms with Crippen LogP contribution in [0, 0.1) is 11.6 Å². The predicted octanol–water partition coefficient (Wildman–Crippen LogP) is 3.58. The summed E-state index contributed by atoms with van der Waals surface area (Å²) in [5.74, 6) is -1.78. The quantitative estimate of drug-likeness (QED) is 0.743. The Kier molecular flexibility index (Phi) is 4.69. The maximum absolute atomic E-state index is 12.8. The van der Waals surface area contributed by atoms with Crippen molar-refractivity contribution in [2.24, 2.45) is 0 Å². The zero-order chi connectivity index (χ0) is 11.3. The third-order valence-electron chi connectivity index (χ3n) is 2.41. The van der Waals surface area contributed by atoms with Gasteiger partial charge in [0.15, 0.2) is 11.6 Å². The summed E-state index contributed by atoms with van der Waals surface area (Å²) in [6.07, 6.45) is 2.92. The highest BCUT2D eigenvalue weighted by atomic mass is 19.2. The van der Waals surface area contributed by atoms with E-state index in [0.29, 0.717) is 12.0 Å². The van der Waals surface area contributed by atoms with E-state index in [2.05, 4.69) is 6.92 Å². The van der Waals surface area contributed by atoms with Crippen LogP contribution in [0.15, 0.2) is 18.2 Å². The van der Waals surface area contributed by atoms with Gasteiger partial charge in [-0.05, 0) is 24.1 Å². The molecule has 0 saturated heterocycles. The Hall–Kier alpha value is -0.960. The topological polar surface area (TPSA) is 20.2 Å². The molecule has 0 radical (unpaired) electrons. The Bertz CT molecular complexity index is 312. The highest BCUT2D eigenvalue weighted by Gasteiger charge is 2.10. The van der Waals surface area contributed by atoms with E-state index in [-0.39, 0.29) is 0 Å². The SMILES string of the molecule is CCCCCC(O)c1ccc(F)c(F)c1. The maximum Gasteiger partial charge on any atom is 0.159 e. The lowest BCUT2D eigenvalue weighted by molar-refractivity contribution is 0.163. The first-order valence-corrected chi connectivity index (χ1v) is 5.28. The first kappa shape index (κ1) is 12.1. The van der Waals surface area contributed by atoms with Crippen LogP contribution in [-0.4, -0.2) is 5.11 Å². The van der Waals surface area contributed by atoms with E-state index in [1.54, 1.807) is 0 Å². The van der Waals surface area contributed by atoms with Crippen LogP contribution in [0.1, 0.15) is 44.3 Å². The number of hydrogen-bond donors (Lipinski definition) is 1. The molecular formula is C12H16F2O. The van der Waals surface area contributed by atoms with Crippen LogP contribution < -0.4 is 0 Å². The van der Waals surface area contributed by atoms with E-state index < -0.39 is 17.7 Å². The molecule has 84 valence electrons. The lowest BCUT2D eigenvalue weighted by atomic mass is 10.0. The van der Waals surface area contributed by atoms with Gasteiger partial charge in [-0.2, -0.15) is 0 Å². The van der Waals surface area contributed by atoms with Gasteiger partial charge in [-0.15, -0.1) is 0 Å². The van der Waals surface area contributed by atoms with Crippen molar-refractivity contribution >= 4 is 0 Å². The zero-order valence-electron chi connectivity index (χ0n) is 8.84. The van der Waals surface area contributed by atoms with Crippen molar-refractivity contribution in [3.8, 4) is 0 Å². The molecule has 1 rings (SSSR count). The maximum atomic E-state index is 12.8. The third kappa shape index (κ3) is 3.59. The number of aliphatic hydroxyl groups excluding tert-OH is 1. The van der Waals surface area contributed by atoms with Gasteiger partial charge in [-0.3, -0.25) is 0 Å². The normalized spacial score (nSPS) is 12.8. The van der Waals surface area contributed by atoms with Crippen molar-refractivity contribution in [1.29, 1.82) is 0 Å². The van der Waals surface area contributed by atoms with Gasteiger partial charge in [-0.25, -0.2) is 8.78 Å². The Morgan fingerprint density at radius 3 is 2.53 bits per heavy atom. The molecule has 1 aromatic rings. The number of benzene rings is 1. The highest BCUT2D eigenvalue weighted by Crippen LogP contribution is 2.21. The van der Waals surface area contributed by atoms with E-state index in [9.17, 15) is 13.9 Å². The second-order valence-electron chi connectivity index (χ2n) is 3.69. The number of unbranched alkanes of at least 4 members (excludes halogenated alkanes) is 2. The average molecular weight is 214 g/mol. The highest BCUT2D eigenvalue weighted by molar-refractivity contribution is 5.19. The van der Waals surface area contributed by atoms with Gasteiger partial charge in [0, 0.05) is 0 Å². The minimum atomic E-state index is -0.901. The van der Waals surface area contributed by atoms with E-state index >= 15 is 0 Å². The van der Waals surface area contributed by atoms with Crippen LogP contribution in [0.4, 0.5) is 8.78 Å². The lowest BCUT2D eigenvalue weighted by Gasteiger charge is -2.10. The molecule has 15 heavy (non-hydrogen) atoms. The fourth-order valence-corrected chi connectivity index (χ4v) is 1.47. The summed E-state index contributed by atoms with van der Waals surface area (Å²) in [5, 5.41) is 9.67. The van der Waals surface area contributed by atoms with E-state index in [0.717, 1.165) is 31.4 Å². The molecule has 1 N–H and O–H groups in total. The molecule has 3 heteroatoms. The van der Waals surface area contributed by atoms with Gasteiger partial charge in [0.2, 0.25) is 0 Å². The second-order valence-corrected chi connectivity index (χ2v) is 3.69. The van der Waals surface area contributed by atoms with Crippen molar-refractivity contribution in [2.45, 2.75) is 38.7 Å². The molecule has 0 bridgehead atoms. The molecular weight excluding hydrogens is 198 g/mol. The number of aliphatic hydroxyl groups is 1. The van der Waals surface area contributed by atoms with Gasteiger partial charge in [0.25, 0.3) is 0 Å². The number of rotatable bonds is 5. The van der Waals surface area contributed by atoms with Crippen molar-refractivity contribution in [3.05, 3.63) is 35.4 Å². The van der Waals surface area contributed by atoms with Crippen molar-refractivity contribution in [3.63, 3.8) is 0 Å².